The molecule has 0 aliphatic carbocycles. The monoisotopic (exact) mass is 588 g/mol. The van der Waals surface area contributed by atoms with Crippen LogP contribution in [0.1, 0.15) is 72.5 Å². The van der Waals surface area contributed by atoms with Crippen molar-refractivity contribution in [1.29, 1.82) is 5.26 Å². The van der Waals surface area contributed by atoms with Gasteiger partial charge in [0.15, 0.2) is 5.82 Å². The van der Waals surface area contributed by atoms with Gasteiger partial charge >= 0.3 is 0 Å². The Morgan fingerprint density at radius 2 is 1.95 bits per heavy atom. The van der Waals surface area contributed by atoms with Crippen LogP contribution in [-0.2, 0) is 4.79 Å². The molecule has 0 saturated carbocycles. The van der Waals surface area contributed by atoms with Crippen LogP contribution in [0, 0.1) is 31.0 Å². The normalized spacial score (nSPS) is 13.3. The molecule has 4 aromatic rings. The maximum atomic E-state index is 14.8. The second-order valence-corrected chi connectivity index (χ2v) is 9.89. The molecule has 1 N–H and O–H groups in total. The molecule has 12 heteroatoms. The van der Waals surface area contributed by atoms with Crippen molar-refractivity contribution in [2.45, 2.75) is 53.5 Å². The van der Waals surface area contributed by atoms with Crippen molar-refractivity contribution in [1.82, 2.24) is 24.7 Å². The Labute approximate surface area is 248 Å². The summed E-state index contributed by atoms with van der Waals surface area (Å²) in [6, 6.07) is 6.35. The SMILES string of the molecule is CC.Cc1cc(C(C)n2cc(NC(=O)c3nc(-c4c(C#N)ccc(Cl)c4F)cnc3C)cn2)cnc1N1CCCC1=O. The first-order chi connectivity index (χ1) is 20.2. The average Bonchev–Trinajstić information content (AvgIpc) is 3.64. The third-order valence-electron chi connectivity index (χ3n) is 6.78. The molecule has 0 radical (unpaired) electrons. The van der Waals surface area contributed by atoms with Gasteiger partial charge in [-0.15, -0.1) is 0 Å². The van der Waals surface area contributed by atoms with E-state index < -0.39 is 11.7 Å². The zero-order valence-electron chi connectivity index (χ0n) is 23.9. The van der Waals surface area contributed by atoms with Crippen molar-refractivity contribution in [3.05, 3.63) is 81.9 Å². The van der Waals surface area contributed by atoms with Crippen molar-refractivity contribution in [3.63, 3.8) is 0 Å². The van der Waals surface area contributed by atoms with Crippen molar-refractivity contribution in [3.8, 4) is 17.3 Å². The van der Waals surface area contributed by atoms with Gasteiger partial charge in [0.2, 0.25) is 5.91 Å². The summed E-state index contributed by atoms with van der Waals surface area (Å²) >= 11 is 5.92. The van der Waals surface area contributed by atoms with E-state index in [1.165, 1.54) is 24.5 Å². The maximum Gasteiger partial charge on any atom is 0.276 e. The highest BCUT2D eigenvalue weighted by atomic mass is 35.5. The van der Waals surface area contributed by atoms with Gasteiger partial charge in [-0.3, -0.25) is 24.2 Å². The number of halogens is 2. The summed E-state index contributed by atoms with van der Waals surface area (Å²) in [5.41, 5.74) is 2.39. The molecule has 1 atom stereocenters. The first-order valence-corrected chi connectivity index (χ1v) is 13.9. The summed E-state index contributed by atoms with van der Waals surface area (Å²) in [5, 5.41) is 16.4. The molecule has 1 saturated heterocycles. The van der Waals surface area contributed by atoms with Gasteiger partial charge in [0.1, 0.15) is 11.5 Å². The predicted molar refractivity (Wildman–Crippen MR) is 158 cm³/mol. The Balaban J connectivity index is 0.00000198. The molecule has 42 heavy (non-hydrogen) atoms. The maximum absolute atomic E-state index is 14.8. The summed E-state index contributed by atoms with van der Waals surface area (Å²) in [4.78, 5) is 40.0. The van der Waals surface area contributed by atoms with Gasteiger partial charge in [-0.25, -0.2) is 14.4 Å². The highest BCUT2D eigenvalue weighted by Crippen LogP contribution is 2.30. The Morgan fingerprint density at radius 1 is 1.19 bits per heavy atom. The van der Waals surface area contributed by atoms with Gasteiger partial charge in [0.25, 0.3) is 5.91 Å². The molecule has 5 rings (SSSR count). The fourth-order valence-electron chi connectivity index (χ4n) is 4.61. The standard InChI is InChI=1S/C28H24ClFN8O2.C2H6/c1-15-9-19(11-33-27(15)37-8-4-5-23(37)39)17(3)38-14-20(12-34-38)35-28(40)26-16(2)32-13-22(36-26)24-18(10-31)6-7-21(29)25(24)30;1-2/h6-7,9,11-14,17H,4-5,8H2,1-3H3,(H,35,40);1-2H3. The molecule has 1 fully saturated rings. The molecular formula is C30H30ClFN8O2. The highest BCUT2D eigenvalue weighted by molar-refractivity contribution is 6.31. The molecule has 3 aromatic heterocycles. The molecule has 0 spiro atoms. The zero-order valence-corrected chi connectivity index (χ0v) is 24.7. The smallest absolute Gasteiger partial charge is 0.276 e. The molecular weight excluding hydrogens is 559 g/mol. The Hall–Kier alpha value is -4.69. The number of anilines is 2. The van der Waals surface area contributed by atoms with Crippen molar-refractivity contribution >= 4 is 34.9 Å². The van der Waals surface area contributed by atoms with Gasteiger partial charge < -0.3 is 5.32 Å². The fraction of sp³-hybridized carbons (Fsp3) is 0.300. The molecule has 1 unspecified atom stereocenters. The van der Waals surface area contributed by atoms with E-state index in [-0.39, 0.29) is 39.5 Å². The number of nitrogens with one attached hydrogen (secondary N) is 1. The summed E-state index contributed by atoms with van der Waals surface area (Å²) in [6.07, 6.45) is 7.56. The number of aromatic nitrogens is 5. The number of rotatable bonds is 6. The van der Waals surface area contributed by atoms with E-state index in [0.29, 0.717) is 30.2 Å². The van der Waals surface area contributed by atoms with Gasteiger partial charge in [0.05, 0.1) is 57.7 Å². The molecule has 2 amide bonds. The van der Waals surface area contributed by atoms with E-state index in [1.54, 1.807) is 28.9 Å². The lowest BCUT2D eigenvalue weighted by atomic mass is 10.0. The van der Waals surface area contributed by atoms with Gasteiger partial charge in [-0.2, -0.15) is 10.4 Å². The lowest BCUT2D eigenvalue weighted by Crippen LogP contribution is -2.25. The first kappa shape index (κ1) is 30.3. The highest BCUT2D eigenvalue weighted by Gasteiger charge is 2.25. The van der Waals surface area contributed by atoms with Crippen LogP contribution in [-0.4, -0.2) is 43.1 Å². The van der Waals surface area contributed by atoms with E-state index >= 15 is 0 Å². The predicted octanol–water partition coefficient (Wildman–Crippen LogP) is 6.03. The second kappa shape index (κ2) is 12.9. The number of aryl methyl sites for hydroxylation is 2. The summed E-state index contributed by atoms with van der Waals surface area (Å²) in [5.74, 6) is -0.634. The number of benzene rings is 1. The Bertz CT molecular complexity index is 1700. The van der Waals surface area contributed by atoms with E-state index in [4.69, 9.17) is 11.6 Å². The van der Waals surface area contributed by atoms with Crippen LogP contribution in [0.4, 0.5) is 15.9 Å². The lowest BCUT2D eigenvalue weighted by molar-refractivity contribution is -0.117. The minimum atomic E-state index is -0.815. The number of pyridine rings is 1. The van der Waals surface area contributed by atoms with Crippen LogP contribution in [0.15, 0.2) is 43.0 Å². The minimum Gasteiger partial charge on any atom is -0.318 e. The quantitative estimate of drug-likeness (QED) is 0.291. The molecule has 4 heterocycles. The number of hydrogen-bond acceptors (Lipinski definition) is 7. The number of carbonyl (C=O) groups excluding carboxylic acids is 2. The van der Waals surface area contributed by atoms with Crippen LogP contribution < -0.4 is 10.2 Å². The number of carbonyl (C=O) groups is 2. The summed E-state index contributed by atoms with van der Waals surface area (Å²) < 4.78 is 16.5. The first-order valence-electron chi connectivity index (χ1n) is 13.5. The number of nitriles is 1. The van der Waals surface area contributed by atoms with Crippen molar-refractivity contribution in [2.24, 2.45) is 0 Å². The Kier molecular flexibility index (Phi) is 9.28. The largest absolute Gasteiger partial charge is 0.318 e. The Morgan fingerprint density at radius 3 is 2.62 bits per heavy atom. The van der Waals surface area contributed by atoms with Crippen molar-refractivity contribution < 1.29 is 14.0 Å². The van der Waals surface area contributed by atoms with E-state index in [2.05, 4.69) is 25.4 Å². The van der Waals surface area contributed by atoms with Crippen LogP contribution >= 0.6 is 11.6 Å². The van der Waals surface area contributed by atoms with E-state index in [0.717, 1.165) is 17.5 Å². The van der Waals surface area contributed by atoms with Crippen LogP contribution in [0.25, 0.3) is 11.3 Å². The fourth-order valence-corrected chi connectivity index (χ4v) is 4.77. The number of nitrogens with zero attached hydrogens (tertiary/aromatic N) is 7. The van der Waals surface area contributed by atoms with Crippen molar-refractivity contribution in [2.75, 3.05) is 16.8 Å². The van der Waals surface area contributed by atoms with Crippen LogP contribution in [0.3, 0.4) is 0 Å². The molecule has 0 bridgehead atoms. The zero-order chi connectivity index (χ0) is 30.6. The average molecular weight is 589 g/mol. The molecule has 216 valence electrons. The van der Waals surface area contributed by atoms with E-state index in [9.17, 15) is 19.2 Å². The van der Waals surface area contributed by atoms with Crippen LogP contribution in [0.2, 0.25) is 5.02 Å². The lowest BCUT2D eigenvalue weighted by Gasteiger charge is -2.19. The molecule has 1 aliphatic rings. The third kappa shape index (κ3) is 5.99. The molecule has 1 aliphatic heterocycles. The summed E-state index contributed by atoms with van der Waals surface area (Å²) in [6.45, 7) is 10.1. The molecule has 10 nitrogen and oxygen atoms in total. The molecule has 1 aromatic carbocycles. The topological polar surface area (TPSA) is 130 Å². The van der Waals surface area contributed by atoms with Crippen LogP contribution in [0.5, 0.6) is 0 Å². The minimum absolute atomic E-state index is 0.0126. The number of amides is 2. The van der Waals surface area contributed by atoms with Gasteiger partial charge in [-0.1, -0.05) is 25.4 Å². The van der Waals surface area contributed by atoms with Gasteiger partial charge in [0, 0.05) is 25.4 Å². The van der Waals surface area contributed by atoms with E-state index in [1.807, 2.05) is 39.8 Å². The van der Waals surface area contributed by atoms with Gasteiger partial charge in [-0.05, 0) is 56.5 Å². The summed E-state index contributed by atoms with van der Waals surface area (Å²) in [7, 11) is 0. The number of hydrogen-bond donors (Lipinski definition) is 1. The second-order valence-electron chi connectivity index (χ2n) is 9.48. The third-order valence-corrected chi connectivity index (χ3v) is 7.07.